The van der Waals surface area contributed by atoms with Gasteiger partial charge in [-0.2, -0.15) is 5.10 Å². The fourth-order valence-corrected chi connectivity index (χ4v) is 2.38. The van der Waals surface area contributed by atoms with Crippen molar-refractivity contribution >= 4 is 12.1 Å². The molecule has 0 bridgehead atoms. The number of nitrogens with one attached hydrogen (secondary N) is 1. The molecule has 0 spiro atoms. The summed E-state index contributed by atoms with van der Waals surface area (Å²) in [5.74, 6) is -0.180. The van der Waals surface area contributed by atoms with Gasteiger partial charge in [0.05, 0.1) is 18.4 Å². The fraction of sp³-hybridized carbons (Fsp3) is 0.579. The Balaban J connectivity index is 1.69. The van der Waals surface area contributed by atoms with E-state index in [0.29, 0.717) is 18.0 Å². The largest absolute Gasteiger partial charge is 0.461 e. The average molecular weight is 392 g/mol. The Hall–Kier alpha value is -2.84. The number of unbranched alkanes of at least 4 members (excludes halogenated alkanes) is 2. The molecule has 9 heteroatoms. The van der Waals surface area contributed by atoms with Crippen molar-refractivity contribution in [3.63, 3.8) is 0 Å². The first-order valence-corrected chi connectivity index (χ1v) is 9.41. The Kier molecular flexibility index (Phi) is 7.60. The standard InChI is InChI=1S/C19H28N4O5/c1-5-26-17(24)15-13-27-16(22-15)14-11-21-23(12-14)10-8-6-7-9-20-18(25)28-19(2,3)4/h11-13H,5-10H2,1-4H3,(H,20,25). The van der Waals surface area contributed by atoms with Gasteiger partial charge in [-0.25, -0.2) is 14.6 Å². The first-order valence-electron chi connectivity index (χ1n) is 9.41. The van der Waals surface area contributed by atoms with E-state index in [1.807, 2.05) is 27.0 Å². The van der Waals surface area contributed by atoms with E-state index in [0.717, 1.165) is 25.8 Å². The lowest BCUT2D eigenvalue weighted by Gasteiger charge is -2.19. The monoisotopic (exact) mass is 392 g/mol. The quantitative estimate of drug-likeness (QED) is 0.514. The van der Waals surface area contributed by atoms with Crippen molar-refractivity contribution < 1.29 is 23.5 Å². The number of nitrogens with zero attached hydrogens (tertiary/aromatic N) is 3. The molecule has 0 fully saturated rings. The molecule has 0 saturated heterocycles. The molecule has 0 aliphatic heterocycles. The number of rotatable bonds is 9. The van der Waals surface area contributed by atoms with E-state index in [2.05, 4.69) is 15.4 Å². The third-order valence-corrected chi connectivity index (χ3v) is 3.60. The predicted molar refractivity (Wildman–Crippen MR) is 102 cm³/mol. The maximum atomic E-state index is 11.6. The second-order valence-electron chi connectivity index (χ2n) is 7.24. The van der Waals surface area contributed by atoms with Gasteiger partial charge in [-0.15, -0.1) is 0 Å². The normalized spacial score (nSPS) is 11.3. The highest BCUT2D eigenvalue weighted by atomic mass is 16.6. The number of alkyl carbamates (subject to hydrolysis) is 1. The molecule has 0 radical (unpaired) electrons. The van der Waals surface area contributed by atoms with Crippen LogP contribution in [0.5, 0.6) is 0 Å². The van der Waals surface area contributed by atoms with Crippen LogP contribution in [-0.4, -0.2) is 45.6 Å². The van der Waals surface area contributed by atoms with Gasteiger partial charge in [-0.3, -0.25) is 4.68 Å². The molecule has 0 saturated carbocycles. The van der Waals surface area contributed by atoms with Crippen LogP contribution in [-0.2, 0) is 16.0 Å². The molecule has 1 N–H and O–H groups in total. The summed E-state index contributed by atoms with van der Waals surface area (Å²) in [7, 11) is 0. The van der Waals surface area contributed by atoms with Gasteiger partial charge in [0, 0.05) is 19.3 Å². The SMILES string of the molecule is CCOC(=O)c1coc(-c2cnn(CCCCCNC(=O)OC(C)(C)C)c2)n1. The van der Waals surface area contributed by atoms with Crippen LogP contribution >= 0.6 is 0 Å². The molecule has 2 aromatic heterocycles. The number of ether oxygens (including phenoxy) is 2. The van der Waals surface area contributed by atoms with E-state index in [1.54, 1.807) is 17.8 Å². The van der Waals surface area contributed by atoms with Crippen molar-refractivity contribution in [1.29, 1.82) is 0 Å². The lowest BCUT2D eigenvalue weighted by molar-refractivity contribution is 0.0512. The van der Waals surface area contributed by atoms with E-state index in [-0.39, 0.29) is 12.3 Å². The van der Waals surface area contributed by atoms with Gasteiger partial charge >= 0.3 is 12.1 Å². The van der Waals surface area contributed by atoms with Gasteiger partial charge in [0.2, 0.25) is 5.89 Å². The van der Waals surface area contributed by atoms with Crippen molar-refractivity contribution in [3.8, 4) is 11.5 Å². The summed E-state index contributed by atoms with van der Waals surface area (Å²) in [6.07, 6.45) is 7.06. The van der Waals surface area contributed by atoms with E-state index < -0.39 is 17.7 Å². The molecule has 0 atom stereocenters. The molecule has 9 nitrogen and oxygen atoms in total. The number of aromatic nitrogens is 3. The zero-order valence-electron chi connectivity index (χ0n) is 16.9. The van der Waals surface area contributed by atoms with Gasteiger partial charge in [0.15, 0.2) is 5.69 Å². The maximum absolute atomic E-state index is 11.6. The maximum Gasteiger partial charge on any atom is 0.407 e. The van der Waals surface area contributed by atoms with E-state index in [1.165, 1.54) is 6.26 Å². The third-order valence-electron chi connectivity index (χ3n) is 3.60. The number of carbonyl (C=O) groups is 2. The lowest BCUT2D eigenvalue weighted by atomic mass is 10.2. The molecule has 0 unspecified atom stereocenters. The zero-order valence-corrected chi connectivity index (χ0v) is 16.9. The van der Waals surface area contributed by atoms with Crippen LogP contribution in [0.15, 0.2) is 23.1 Å². The Labute approximate surface area is 164 Å². The minimum atomic E-state index is -0.509. The van der Waals surface area contributed by atoms with Crippen molar-refractivity contribution in [3.05, 3.63) is 24.4 Å². The molecule has 2 aromatic rings. The van der Waals surface area contributed by atoms with Crippen LogP contribution in [0.1, 0.15) is 57.4 Å². The Morgan fingerprint density at radius 2 is 2.04 bits per heavy atom. The smallest absolute Gasteiger partial charge is 0.407 e. The fourth-order valence-electron chi connectivity index (χ4n) is 2.38. The van der Waals surface area contributed by atoms with Crippen molar-refractivity contribution in [1.82, 2.24) is 20.1 Å². The highest BCUT2D eigenvalue weighted by Crippen LogP contribution is 2.18. The van der Waals surface area contributed by atoms with Crippen molar-refractivity contribution in [2.75, 3.05) is 13.2 Å². The molecule has 154 valence electrons. The molecule has 28 heavy (non-hydrogen) atoms. The molecule has 2 rings (SSSR count). The highest BCUT2D eigenvalue weighted by molar-refractivity contribution is 5.87. The lowest BCUT2D eigenvalue weighted by Crippen LogP contribution is -2.33. The van der Waals surface area contributed by atoms with Crippen LogP contribution in [0.2, 0.25) is 0 Å². The van der Waals surface area contributed by atoms with Crippen LogP contribution < -0.4 is 5.32 Å². The number of carbonyl (C=O) groups excluding carboxylic acids is 2. The van der Waals surface area contributed by atoms with Gasteiger partial charge in [-0.05, 0) is 47.0 Å². The molecule has 2 heterocycles. The molecule has 0 aromatic carbocycles. The van der Waals surface area contributed by atoms with Gasteiger partial charge in [0.1, 0.15) is 11.9 Å². The van der Waals surface area contributed by atoms with Gasteiger partial charge in [0.25, 0.3) is 0 Å². The molecule has 1 amide bonds. The topological polar surface area (TPSA) is 108 Å². The van der Waals surface area contributed by atoms with Crippen LogP contribution in [0.4, 0.5) is 4.79 Å². The van der Waals surface area contributed by atoms with E-state index in [9.17, 15) is 9.59 Å². The Bertz CT molecular complexity index is 775. The summed E-state index contributed by atoms with van der Waals surface area (Å²) in [5.41, 5.74) is 0.353. The van der Waals surface area contributed by atoms with Crippen LogP contribution in [0, 0.1) is 0 Å². The Morgan fingerprint density at radius 1 is 1.25 bits per heavy atom. The summed E-state index contributed by atoms with van der Waals surface area (Å²) in [6, 6.07) is 0. The van der Waals surface area contributed by atoms with Crippen molar-refractivity contribution in [2.24, 2.45) is 0 Å². The second kappa shape index (κ2) is 9.91. The van der Waals surface area contributed by atoms with Crippen molar-refractivity contribution in [2.45, 2.75) is 59.1 Å². The first kappa shape index (κ1) is 21.5. The summed E-state index contributed by atoms with van der Waals surface area (Å²) < 4.78 is 17.2. The van der Waals surface area contributed by atoms with Gasteiger partial charge < -0.3 is 19.2 Å². The van der Waals surface area contributed by atoms with E-state index in [4.69, 9.17) is 13.9 Å². The number of oxazole rings is 1. The number of aryl methyl sites for hydroxylation is 1. The minimum absolute atomic E-state index is 0.141. The summed E-state index contributed by atoms with van der Waals surface area (Å²) >= 11 is 0. The summed E-state index contributed by atoms with van der Waals surface area (Å²) in [4.78, 5) is 27.3. The van der Waals surface area contributed by atoms with Crippen LogP contribution in [0.25, 0.3) is 11.5 Å². The molecular formula is C19H28N4O5. The number of hydrogen-bond donors (Lipinski definition) is 1. The van der Waals surface area contributed by atoms with Gasteiger partial charge in [-0.1, -0.05) is 0 Å². The Morgan fingerprint density at radius 3 is 2.75 bits per heavy atom. The average Bonchev–Trinajstić information content (AvgIpc) is 3.25. The molecular weight excluding hydrogens is 364 g/mol. The molecule has 0 aliphatic carbocycles. The summed E-state index contributed by atoms with van der Waals surface area (Å²) in [6.45, 7) is 8.83. The number of hydrogen-bond acceptors (Lipinski definition) is 7. The molecule has 0 aliphatic rings. The minimum Gasteiger partial charge on any atom is -0.461 e. The number of esters is 1. The highest BCUT2D eigenvalue weighted by Gasteiger charge is 2.16. The number of amides is 1. The third kappa shape index (κ3) is 7.05. The van der Waals surface area contributed by atoms with Crippen LogP contribution in [0.3, 0.4) is 0 Å². The second-order valence-corrected chi connectivity index (χ2v) is 7.24. The first-order chi connectivity index (χ1) is 13.3. The zero-order chi connectivity index (χ0) is 20.6. The summed E-state index contributed by atoms with van der Waals surface area (Å²) in [5, 5.41) is 7.02. The predicted octanol–water partition coefficient (Wildman–Crippen LogP) is 3.41. The van der Waals surface area contributed by atoms with E-state index >= 15 is 0 Å².